The number of nitrogens with zero attached hydrogens (tertiary/aromatic N) is 4. The van der Waals surface area contributed by atoms with E-state index < -0.39 is 17.3 Å². The van der Waals surface area contributed by atoms with E-state index in [0.717, 1.165) is 11.8 Å². The van der Waals surface area contributed by atoms with E-state index in [1.54, 1.807) is 24.3 Å². The van der Waals surface area contributed by atoms with E-state index in [1.807, 2.05) is 13.0 Å². The lowest BCUT2D eigenvalue weighted by Crippen LogP contribution is -2.24. The average molecular weight is 409 g/mol. The van der Waals surface area contributed by atoms with E-state index in [0.29, 0.717) is 17.5 Å². The van der Waals surface area contributed by atoms with Gasteiger partial charge in [0, 0.05) is 0 Å². The van der Waals surface area contributed by atoms with Gasteiger partial charge in [-0.2, -0.15) is 10.5 Å². The number of carbonyl (C=O) groups excluding carboxylic acids is 1. The summed E-state index contributed by atoms with van der Waals surface area (Å²) in [5, 5.41) is 30.1. The van der Waals surface area contributed by atoms with Crippen LogP contribution in [-0.4, -0.2) is 35.3 Å². The minimum atomic E-state index is -0.758. The number of nitrogens with two attached hydrogens (primary N) is 1. The van der Waals surface area contributed by atoms with Gasteiger partial charge >= 0.3 is 0 Å². The first-order chi connectivity index (χ1) is 14.0. The number of nitriles is 2. The smallest absolute Gasteiger partial charge is 0.235 e. The molecule has 3 N–H and O–H groups in total. The van der Waals surface area contributed by atoms with Crippen molar-refractivity contribution in [2.75, 3.05) is 18.2 Å². The molecule has 9 heteroatoms. The summed E-state index contributed by atoms with van der Waals surface area (Å²) in [4.78, 5) is 22.1. The number of aliphatic hydroxyl groups is 1. The molecule has 3 rings (SSSR count). The number of pyridine rings is 1. The summed E-state index contributed by atoms with van der Waals surface area (Å²) < 4.78 is 0. The number of aromatic nitrogens is 1. The van der Waals surface area contributed by atoms with Gasteiger partial charge in [0.05, 0.1) is 18.2 Å². The Bertz CT molecular complexity index is 1000. The van der Waals surface area contributed by atoms with E-state index in [9.17, 15) is 20.4 Å². The first-order valence-electron chi connectivity index (χ1n) is 8.96. The molecule has 148 valence electrons. The lowest BCUT2D eigenvalue weighted by molar-refractivity contribution is -0.117. The number of hydroxylamine groups is 1. The van der Waals surface area contributed by atoms with Gasteiger partial charge in [-0.15, -0.1) is 0 Å². The average Bonchev–Trinajstić information content (AvgIpc) is 3.17. The topological polar surface area (TPSA) is 136 Å². The number of amides is 1. The molecule has 1 aliphatic rings. The summed E-state index contributed by atoms with van der Waals surface area (Å²) in [7, 11) is 0. The second-order valence-corrected chi connectivity index (χ2v) is 7.46. The summed E-state index contributed by atoms with van der Waals surface area (Å²) in [6, 6.07) is 13.2. The number of aliphatic hydroxyl groups excluding tert-OH is 1. The Morgan fingerprint density at radius 3 is 2.59 bits per heavy atom. The molecule has 1 aromatic carbocycles. The van der Waals surface area contributed by atoms with Crippen LogP contribution < -0.4 is 10.8 Å². The van der Waals surface area contributed by atoms with Crippen molar-refractivity contribution in [2.24, 2.45) is 5.73 Å². The Morgan fingerprint density at radius 2 is 2.07 bits per heavy atom. The Kier molecular flexibility index (Phi) is 6.35. The van der Waals surface area contributed by atoms with Crippen molar-refractivity contribution in [3.63, 3.8) is 0 Å². The number of hydrogen-bond donors (Lipinski definition) is 2. The minimum absolute atomic E-state index is 0.0877. The highest BCUT2D eigenvalue weighted by molar-refractivity contribution is 8.00. The highest BCUT2D eigenvalue weighted by Crippen LogP contribution is 2.39. The van der Waals surface area contributed by atoms with E-state index in [-0.39, 0.29) is 35.1 Å². The predicted octanol–water partition coefficient (Wildman–Crippen LogP) is 1.82. The van der Waals surface area contributed by atoms with Crippen molar-refractivity contribution in [1.82, 2.24) is 4.98 Å². The Labute approximate surface area is 172 Å². The van der Waals surface area contributed by atoms with Gasteiger partial charge in [-0.1, -0.05) is 49.0 Å². The third-order valence-electron chi connectivity index (χ3n) is 4.45. The molecule has 1 aromatic heterocycles. The molecule has 0 radical (unpaired) electrons. The van der Waals surface area contributed by atoms with Crippen molar-refractivity contribution < 1.29 is 14.7 Å². The molecular weight excluding hydrogens is 390 g/mol. The molecule has 0 spiro atoms. The maximum atomic E-state index is 12.1. The molecular formula is C20H19N5O3S. The summed E-state index contributed by atoms with van der Waals surface area (Å²) >= 11 is 1.06. The minimum Gasteiger partial charge on any atom is -0.389 e. The number of benzene rings is 1. The third kappa shape index (κ3) is 4.17. The van der Waals surface area contributed by atoms with Gasteiger partial charge in [-0.25, -0.2) is 10.0 Å². The van der Waals surface area contributed by atoms with Gasteiger partial charge in [0.2, 0.25) is 5.91 Å². The molecule has 0 aliphatic carbocycles. The number of hydrogen-bond acceptors (Lipinski definition) is 8. The zero-order valence-corrected chi connectivity index (χ0v) is 16.5. The molecule has 0 saturated carbocycles. The molecule has 2 heterocycles. The zero-order chi connectivity index (χ0) is 21.0. The highest BCUT2D eigenvalue weighted by Gasteiger charge is 2.30. The zero-order valence-electron chi connectivity index (χ0n) is 15.7. The Morgan fingerprint density at radius 1 is 1.38 bits per heavy atom. The van der Waals surface area contributed by atoms with Gasteiger partial charge in [-0.3, -0.25) is 9.63 Å². The first kappa shape index (κ1) is 20.6. The lowest BCUT2D eigenvalue weighted by Gasteiger charge is -2.21. The summed E-state index contributed by atoms with van der Waals surface area (Å²) in [5.74, 6) is -0.345. The van der Waals surface area contributed by atoms with Gasteiger partial charge in [0.1, 0.15) is 34.6 Å². The first-order valence-corrected chi connectivity index (χ1v) is 9.84. The number of primary amides is 1. The Balaban J connectivity index is 2.13. The molecule has 1 aliphatic heterocycles. The molecule has 8 nitrogen and oxygen atoms in total. The largest absolute Gasteiger partial charge is 0.389 e. The van der Waals surface area contributed by atoms with Gasteiger partial charge < -0.3 is 10.8 Å². The molecule has 0 bridgehead atoms. The lowest BCUT2D eigenvalue weighted by atomic mass is 10.0. The Hall–Kier alpha value is -3.11. The number of rotatable bonds is 6. The number of anilines is 1. The van der Waals surface area contributed by atoms with Crippen molar-refractivity contribution in [3.8, 4) is 12.1 Å². The van der Waals surface area contributed by atoms with Crippen LogP contribution in [0, 0.1) is 22.7 Å². The van der Waals surface area contributed by atoms with Crippen LogP contribution in [0.1, 0.15) is 34.4 Å². The molecule has 2 aromatic rings. The summed E-state index contributed by atoms with van der Waals surface area (Å²) in [6.45, 7) is 2.07. The van der Waals surface area contributed by atoms with Crippen molar-refractivity contribution in [2.45, 2.75) is 29.7 Å². The second-order valence-electron chi connectivity index (χ2n) is 6.37. The van der Waals surface area contributed by atoms with Crippen LogP contribution in [0.2, 0.25) is 0 Å². The highest BCUT2D eigenvalue weighted by atomic mass is 32.2. The second kappa shape index (κ2) is 8.93. The quantitative estimate of drug-likeness (QED) is 0.690. The van der Waals surface area contributed by atoms with Crippen LogP contribution in [0.5, 0.6) is 0 Å². The van der Waals surface area contributed by atoms with Crippen molar-refractivity contribution in [3.05, 3.63) is 52.6 Å². The van der Waals surface area contributed by atoms with Crippen LogP contribution in [0.3, 0.4) is 0 Å². The van der Waals surface area contributed by atoms with E-state index in [2.05, 4.69) is 17.1 Å². The molecule has 1 fully saturated rings. The predicted molar refractivity (Wildman–Crippen MR) is 107 cm³/mol. The van der Waals surface area contributed by atoms with Gasteiger partial charge in [-0.05, 0) is 17.5 Å². The normalized spacial score (nSPS) is 16.8. The van der Waals surface area contributed by atoms with Gasteiger partial charge in [0.25, 0.3) is 0 Å². The van der Waals surface area contributed by atoms with Gasteiger partial charge in [0.15, 0.2) is 5.82 Å². The SMILES string of the molecule is CCc1c(C#N)c(SC(C(N)=O)c2ccccc2)nc(N2C[C@H](O)CO2)c1C#N. The fraction of sp³-hybridized carbons (Fsp3) is 0.300. The van der Waals surface area contributed by atoms with Crippen LogP contribution in [0.4, 0.5) is 5.82 Å². The van der Waals surface area contributed by atoms with E-state index in [4.69, 9.17) is 10.6 Å². The molecule has 1 amide bonds. The number of β-amino-alcohol motifs (C(OH)–C–C–N with tert-alkyl or cyclic N) is 1. The monoisotopic (exact) mass is 409 g/mol. The number of thioether (sulfide) groups is 1. The van der Waals surface area contributed by atoms with Crippen LogP contribution >= 0.6 is 11.8 Å². The third-order valence-corrected chi connectivity index (χ3v) is 5.71. The maximum absolute atomic E-state index is 12.1. The molecule has 1 unspecified atom stereocenters. The van der Waals surface area contributed by atoms with E-state index in [1.165, 1.54) is 5.06 Å². The standard InChI is InChI=1S/C20H19N5O3S/c1-2-14-15(8-21)19(25-10-13(26)11-28-25)24-20(16(14)9-22)29-17(18(23)27)12-6-4-3-5-7-12/h3-7,13,17,26H,2,10-11H2,1H3,(H2,23,27)/t13-,17?/m0/s1. The van der Waals surface area contributed by atoms with E-state index >= 15 is 0 Å². The maximum Gasteiger partial charge on any atom is 0.235 e. The molecule has 29 heavy (non-hydrogen) atoms. The summed E-state index contributed by atoms with van der Waals surface area (Å²) in [6.07, 6.45) is -0.291. The molecule has 1 saturated heterocycles. The van der Waals surface area contributed by atoms with Crippen LogP contribution in [0.15, 0.2) is 35.4 Å². The van der Waals surface area contributed by atoms with Crippen LogP contribution in [-0.2, 0) is 16.1 Å². The fourth-order valence-corrected chi connectivity index (χ4v) is 4.16. The van der Waals surface area contributed by atoms with Crippen LogP contribution in [0.25, 0.3) is 0 Å². The number of carbonyl (C=O) groups is 1. The summed E-state index contributed by atoms with van der Waals surface area (Å²) in [5.41, 5.74) is 7.28. The molecule has 2 atom stereocenters. The fourth-order valence-electron chi connectivity index (χ4n) is 3.10. The van der Waals surface area contributed by atoms with Crippen molar-refractivity contribution in [1.29, 1.82) is 10.5 Å². The van der Waals surface area contributed by atoms with Crippen molar-refractivity contribution >= 4 is 23.5 Å².